The molecule has 0 atom stereocenters. The van der Waals surface area contributed by atoms with Crippen molar-refractivity contribution in [2.45, 2.75) is 0 Å². The van der Waals surface area contributed by atoms with Crippen LogP contribution < -0.4 is 0 Å². The summed E-state index contributed by atoms with van der Waals surface area (Å²) in [5.74, 6) is 0. The lowest BCUT2D eigenvalue weighted by Crippen LogP contribution is -1.87. The lowest BCUT2D eigenvalue weighted by molar-refractivity contribution is 1.57. The lowest BCUT2D eigenvalue weighted by atomic mass is 9.94. The Bertz CT molecular complexity index is 1760. The zero-order valence-corrected chi connectivity index (χ0v) is 24.6. The van der Waals surface area contributed by atoms with E-state index in [-0.39, 0.29) is 0 Å². The van der Waals surface area contributed by atoms with Gasteiger partial charge in [-0.2, -0.15) is 0 Å². The van der Waals surface area contributed by atoms with Crippen molar-refractivity contribution in [1.29, 1.82) is 0 Å². The summed E-state index contributed by atoms with van der Waals surface area (Å²) in [6, 6.07) is 55.3. The summed E-state index contributed by atoms with van der Waals surface area (Å²) in [5, 5.41) is 0. The van der Waals surface area contributed by atoms with E-state index in [0.717, 1.165) is 0 Å². The van der Waals surface area contributed by atoms with Crippen LogP contribution in [-0.2, 0) is 0 Å². The van der Waals surface area contributed by atoms with E-state index in [2.05, 4.69) is 194 Å². The van der Waals surface area contributed by atoms with Gasteiger partial charge in [0.25, 0.3) is 0 Å². The third-order valence-electron chi connectivity index (χ3n) is 7.53. The Morgan fingerprint density at radius 3 is 0.795 bits per heavy atom. The third-order valence-corrected chi connectivity index (χ3v) is 7.53. The molecular formula is C44H34. The topological polar surface area (TPSA) is 0 Å². The molecule has 0 spiro atoms. The minimum Gasteiger partial charge on any atom is -0.0622 e. The highest BCUT2D eigenvalue weighted by Crippen LogP contribution is 2.30. The minimum absolute atomic E-state index is 1.17. The van der Waals surface area contributed by atoms with E-state index in [4.69, 9.17) is 0 Å². The van der Waals surface area contributed by atoms with E-state index in [0.29, 0.717) is 0 Å². The zero-order chi connectivity index (χ0) is 29.8. The van der Waals surface area contributed by atoms with Gasteiger partial charge in [0.1, 0.15) is 0 Å². The Labute approximate surface area is 261 Å². The maximum Gasteiger partial charge on any atom is -0.0105 e. The lowest BCUT2D eigenvalue weighted by Gasteiger charge is -2.10. The monoisotopic (exact) mass is 562 g/mol. The molecule has 6 aromatic carbocycles. The molecule has 0 aliphatic carbocycles. The van der Waals surface area contributed by atoms with Gasteiger partial charge in [0, 0.05) is 0 Å². The van der Waals surface area contributed by atoms with Crippen molar-refractivity contribution in [3.8, 4) is 11.1 Å². The highest BCUT2D eigenvalue weighted by atomic mass is 14.1. The second kappa shape index (κ2) is 14.4. The predicted octanol–water partition coefficient (Wildman–Crippen LogP) is 12.0. The number of hydrogen-bond acceptors (Lipinski definition) is 0. The summed E-state index contributed by atoms with van der Waals surface area (Å²) in [4.78, 5) is 0. The third kappa shape index (κ3) is 7.76. The molecule has 0 nitrogen and oxygen atoms in total. The fourth-order valence-electron chi connectivity index (χ4n) is 5.10. The van der Waals surface area contributed by atoms with Crippen molar-refractivity contribution in [1.82, 2.24) is 0 Å². The van der Waals surface area contributed by atoms with Crippen LogP contribution in [0.15, 0.2) is 158 Å². The molecule has 0 aromatic heterocycles. The molecule has 0 fully saturated rings. The first-order chi connectivity index (χ1) is 21.8. The van der Waals surface area contributed by atoms with Gasteiger partial charge >= 0.3 is 0 Å². The van der Waals surface area contributed by atoms with E-state index >= 15 is 0 Å². The molecule has 0 saturated carbocycles. The zero-order valence-electron chi connectivity index (χ0n) is 24.6. The van der Waals surface area contributed by atoms with Gasteiger partial charge in [-0.05, 0) is 55.6 Å². The molecule has 210 valence electrons. The van der Waals surface area contributed by atoms with Gasteiger partial charge in [0.05, 0.1) is 0 Å². The van der Waals surface area contributed by atoms with Gasteiger partial charge in [-0.1, -0.05) is 206 Å². The van der Waals surface area contributed by atoms with Gasteiger partial charge in [0.15, 0.2) is 0 Å². The summed E-state index contributed by atoms with van der Waals surface area (Å²) >= 11 is 0. The molecule has 0 unspecified atom stereocenters. The van der Waals surface area contributed by atoms with E-state index < -0.39 is 0 Å². The van der Waals surface area contributed by atoms with E-state index in [1.165, 1.54) is 55.6 Å². The van der Waals surface area contributed by atoms with Crippen LogP contribution in [-0.4, -0.2) is 0 Å². The van der Waals surface area contributed by atoms with Crippen LogP contribution in [0, 0.1) is 0 Å². The summed E-state index contributed by atoms with van der Waals surface area (Å²) in [7, 11) is 0. The van der Waals surface area contributed by atoms with Crippen LogP contribution >= 0.6 is 0 Å². The van der Waals surface area contributed by atoms with Gasteiger partial charge in [-0.3, -0.25) is 0 Å². The Morgan fingerprint density at radius 2 is 0.455 bits per heavy atom. The van der Waals surface area contributed by atoms with Crippen LogP contribution in [0.3, 0.4) is 0 Å². The molecule has 0 radical (unpaired) electrons. The SMILES string of the molecule is C(=C/c1ccccc1-c1ccccc1/C=C/c1ccc(/C=C/c2ccccc2)cc1)/c1ccc(/C=C/c2ccccc2)cc1. The summed E-state index contributed by atoms with van der Waals surface area (Å²) < 4.78 is 0. The van der Waals surface area contributed by atoms with Crippen LogP contribution in [0.25, 0.3) is 59.7 Å². The molecule has 0 bridgehead atoms. The van der Waals surface area contributed by atoms with Crippen molar-refractivity contribution in [2.75, 3.05) is 0 Å². The Hall–Kier alpha value is -5.72. The number of rotatable bonds is 9. The predicted molar refractivity (Wildman–Crippen MR) is 193 cm³/mol. The molecule has 44 heavy (non-hydrogen) atoms. The molecule has 0 heteroatoms. The summed E-state index contributed by atoms with van der Waals surface area (Å²) in [5.41, 5.74) is 11.9. The Kier molecular flexibility index (Phi) is 9.33. The highest BCUT2D eigenvalue weighted by molar-refractivity contribution is 5.87. The number of benzene rings is 6. The first-order valence-corrected chi connectivity index (χ1v) is 15.0. The smallest absolute Gasteiger partial charge is 0.0105 e. The van der Waals surface area contributed by atoms with E-state index in [1.807, 2.05) is 12.1 Å². The molecular weight excluding hydrogens is 528 g/mol. The standard InChI is InChI=1S/C44H34/c1-3-11-35(12-4-1)19-21-37-23-27-39(28-24-37)31-33-41-15-7-9-17-43(41)44-18-10-8-16-42(44)34-32-40-29-25-38(26-30-40)22-20-36-13-5-2-6-14-36/h1-34H/b21-19+,22-20+,33-31-,34-32+. The van der Waals surface area contributed by atoms with Crippen LogP contribution in [0.4, 0.5) is 0 Å². The van der Waals surface area contributed by atoms with Gasteiger partial charge in [-0.25, -0.2) is 0 Å². The average Bonchev–Trinajstić information content (AvgIpc) is 3.10. The Morgan fingerprint density at radius 1 is 0.205 bits per heavy atom. The van der Waals surface area contributed by atoms with Gasteiger partial charge in [-0.15, -0.1) is 0 Å². The van der Waals surface area contributed by atoms with E-state index in [9.17, 15) is 0 Å². The Balaban J connectivity index is 1.17. The fraction of sp³-hybridized carbons (Fsp3) is 0. The normalized spacial score (nSPS) is 11.7. The van der Waals surface area contributed by atoms with Crippen LogP contribution in [0.1, 0.15) is 44.5 Å². The van der Waals surface area contributed by atoms with Crippen LogP contribution in [0.5, 0.6) is 0 Å². The molecule has 0 amide bonds. The molecule has 0 N–H and O–H groups in total. The van der Waals surface area contributed by atoms with Crippen molar-refractivity contribution in [2.24, 2.45) is 0 Å². The number of hydrogen-bond donors (Lipinski definition) is 0. The van der Waals surface area contributed by atoms with E-state index in [1.54, 1.807) is 0 Å². The van der Waals surface area contributed by atoms with Gasteiger partial charge in [0.2, 0.25) is 0 Å². The maximum absolute atomic E-state index is 2.21. The first kappa shape index (κ1) is 28.4. The average molecular weight is 563 g/mol. The van der Waals surface area contributed by atoms with Gasteiger partial charge < -0.3 is 0 Å². The first-order valence-electron chi connectivity index (χ1n) is 15.0. The second-order valence-electron chi connectivity index (χ2n) is 10.7. The summed E-state index contributed by atoms with van der Waals surface area (Å²) in [6.07, 6.45) is 17.4. The quantitative estimate of drug-likeness (QED) is 0.154. The second-order valence-corrected chi connectivity index (χ2v) is 10.7. The molecule has 0 aliphatic rings. The maximum atomic E-state index is 2.21. The van der Waals surface area contributed by atoms with Crippen molar-refractivity contribution < 1.29 is 0 Å². The molecule has 6 rings (SSSR count). The van der Waals surface area contributed by atoms with Crippen molar-refractivity contribution in [3.63, 3.8) is 0 Å². The highest BCUT2D eigenvalue weighted by Gasteiger charge is 2.06. The molecule has 0 saturated heterocycles. The molecule has 6 aromatic rings. The summed E-state index contributed by atoms with van der Waals surface area (Å²) in [6.45, 7) is 0. The minimum atomic E-state index is 1.17. The molecule has 0 heterocycles. The van der Waals surface area contributed by atoms with Crippen LogP contribution in [0.2, 0.25) is 0 Å². The van der Waals surface area contributed by atoms with Crippen molar-refractivity contribution in [3.05, 3.63) is 202 Å². The largest absolute Gasteiger partial charge is 0.0622 e. The molecule has 0 aliphatic heterocycles. The van der Waals surface area contributed by atoms with Crippen molar-refractivity contribution >= 4 is 48.6 Å². The fourth-order valence-corrected chi connectivity index (χ4v) is 5.10.